The maximum absolute atomic E-state index is 13.5. The van der Waals surface area contributed by atoms with Crippen LogP contribution < -0.4 is 32.0 Å². The van der Waals surface area contributed by atoms with Crippen LogP contribution >= 0.6 is 6.64 Å². The van der Waals surface area contributed by atoms with E-state index in [-0.39, 0.29) is 19.4 Å². The van der Waals surface area contributed by atoms with Crippen molar-refractivity contribution < 1.29 is 32.7 Å². The van der Waals surface area contributed by atoms with Crippen molar-refractivity contribution in [2.24, 2.45) is 4.76 Å². The normalized spacial score (nSPS) is 22.8. The van der Waals surface area contributed by atoms with Crippen LogP contribution in [0.1, 0.15) is 66.5 Å². The Bertz CT molecular complexity index is 2810. The first kappa shape index (κ1) is 47.8. The molecule has 5 aromatic rings. The number of aromatic amines is 2. The minimum Gasteiger partial charge on any atom is -0.497 e. The van der Waals surface area contributed by atoms with Crippen LogP contribution in [-0.4, -0.2) is 107 Å². The molecule has 7 atom stereocenters. The van der Waals surface area contributed by atoms with Crippen LogP contribution in [0.15, 0.2) is 115 Å². The Hall–Kier alpha value is -5.66. The fourth-order valence-corrected chi connectivity index (χ4v) is 11.1. The number of rotatable bonds is 16. The molecule has 0 bridgehead atoms. The van der Waals surface area contributed by atoms with Crippen LogP contribution in [0, 0.1) is 13.8 Å². The van der Waals surface area contributed by atoms with Crippen LogP contribution in [0.3, 0.4) is 0 Å². The smallest absolute Gasteiger partial charge is 0.330 e. The maximum atomic E-state index is 13.5. The second-order valence-corrected chi connectivity index (χ2v) is 19.9. The van der Waals surface area contributed by atoms with E-state index >= 15 is 0 Å². The van der Waals surface area contributed by atoms with Crippen molar-refractivity contribution in [3.63, 3.8) is 0 Å². The van der Waals surface area contributed by atoms with Gasteiger partial charge in [0, 0.05) is 63.5 Å². The van der Waals surface area contributed by atoms with E-state index in [2.05, 4.69) is 9.97 Å². The highest BCUT2D eigenvalue weighted by atomic mass is 32.5. The van der Waals surface area contributed by atoms with E-state index in [9.17, 15) is 19.2 Å². The number of aryl methyl sites for hydroxylation is 2. The number of methoxy groups -OCH3 is 2. The number of guanidine groups is 1. The molecule has 20 heteroatoms. The molecule has 8 rings (SSSR count). The van der Waals surface area contributed by atoms with E-state index in [0.29, 0.717) is 48.1 Å². The zero-order chi connectivity index (χ0) is 47.6. The first-order valence-electron chi connectivity index (χ1n) is 22.1. The van der Waals surface area contributed by atoms with Crippen molar-refractivity contribution >= 4 is 24.4 Å². The molecular formula is C47H56N7O11PS. The fourth-order valence-electron chi connectivity index (χ4n) is 8.82. The fraction of sp³-hybridized carbons (Fsp3) is 0.426. The molecule has 67 heavy (non-hydrogen) atoms. The second kappa shape index (κ2) is 19.9. The largest absolute Gasteiger partial charge is 0.497 e. The molecule has 2 N–H and O–H groups in total. The zero-order valence-corrected chi connectivity index (χ0v) is 40.2. The number of hydrogen-bond donors (Lipinski definition) is 2. The molecule has 0 amide bonds. The van der Waals surface area contributed by atoms with Gasteiger partial charge in [0.2, 0.25) is 5.96 Å². The quantitative estimate of drug-likeness (QED) is 0.0998. The number of nitrogens with one attached hydrogen (secondary N) is 2. The monoisotopic (exact) mass is 957 g/mol. The molecule has 3 aliphatic heterocycles. The van der Waals surface area contributed by atoms with Gasteiger partial charge in [-0.3, -0.25) is 28.7 Å². The topological polar surface area (TPSA) is 193 Å². The SMILES string of the molecule is CC[C@H]1O[C@@H](n2cc(C)c(=O)[nH]c2=O)CC1OP(=S)(N=C1N(C)CCN1C)OC[C@H]1O[C@@H](n2cc(C)c(=O)[nH]c2=O)CC1OC(c1ccccc1)(c1ccc(OC)cc1)c1ccc(OC)cc1. The molecule has 3 saturated heterocycles. The highest BCUT2D eigenvalue weighted by molar-refractivity contribution is 8.09. The number of ether oxygens (including phenoxy) is 5. The zero-order valence-electron chi connectivity index (χ0n) is 38.4. The Morgan fingerprint density at radius 1 is 0.716 bits per heavy atom. The third kappa shape index (κ3) is 9.86. The Morgan fingerprint density at radius 2 is 1.19 bits per heavy atom. The summed E-state index contributed by atoms with van der Waals surface area (Å²) in [5.74, 6) is 1.88. The van der Waals surface area contributed by atoms with E-state index in [4.69, 9.17) is 49.3 Å². The summed E-state index contributed by atoms with van der Waals surface area (Å²) in [6.45, 7) is 2.68. The average Bonchev–Trinajstić information content (AvgIpc) is 4.02. The van der Waals surface area contributed by atoms with Gasteiger partial charge in [-0.2, -0.15) is 4.76 Å². The Labute approximate surface area is 392 Å². The molecule has 3 aliphatic rings. The van der Waals surface area contributed by atoms with Gasteiger partial charge >= 0.3 is 18.0 Å². The standard InChI is InChI=1S/C47H56N7O11PS/c1-8-36-38(25-41(62-36)54-27-30(3)43(56)49-46(54)58)65-66(67,50-44-51(4)22-23-52(44)5)61-28-39-37(24-40(63-39)53-26-29(2)42(55)48-45(53)57)64-47(31-12-10-9-11-13-31,32-14-18-34(59-6)19-15-32)33-16-20-35(60-7)21-17-33/h9-21,26-27,36-41H,8,22-25,28H2,1-7H3,(H,48,55,57)(H,49,56,58)/t36-,37?,38?,39-,40-,41-,66?/m1/s1. The Balaban J connectivity index is 1.21. The van der Waals surface area contributed by atoms with Crippen LogP contribution in [-0.2, 0) is 40.7 Å². The van der Waals surface area contributed by atoms with Gasteiger partial charge in [-0.1, -0.05) is 61.5 Å². The minimum absolute atomic E-state index is 0.146. The summed E-state index contributed by atoms with van der Waals surface area (Å²) in [5, 5.41) is 0. The molecule has 18 nitrogen and oxygen atoms in total. The first-order valence-corrected chi connectivity index (χ1v) is 24.7. The predicted octanol–water partition coefficient (Wildman–Crippen LogP) is 4.94. The van der Waals surface area contributed by atoms with Gasteiger partial charge in [0.1, 0.15) is 35.7 Å². The Morgan fingerprint density at radius 3 is 1.69 bits per heavy atom. The van der Waals surface area contributed by atoms with Crippen LogP contribution in [0.5, 0.6) is 11.5 Å². The number of nitrogens with zero attached hydrogens (tertiary/aromatic N) is 5. The lowest BCUT2D eigenvalue weighted by Crippen LogP contribution is -2.41. The number of benzene rings is 3. The van der Waals surface area contributed by atoms with E-state index in [1.807, 2.05) is 110 Å². The van der Waals surface area contributed by atoms with Gasteiger partial charge in [-0.05, 0) is 73.0 Å². The van der Waals surface area contributed by atoms with Gasteiger partial charge in [0.25, 0.3) is 11.1 Å². The van der Waals surface area contributed by atoms with Crippen molar-refractivity contribution in [1.82, 2.24) is 28.9 Å². The third-order valence-corrected chi connectivity index (χ3v) is 14.8. The lowest BCUT2D eigenvalue weighted by Gasteiger charge is -2.39. The molecule has 0 saturated carbocycles. The highest BCUT2D eigenvalue weighted by Gasteiger charge is 2.48. The molecule has 3 fully saturated rings. The van der Waals surface area contributed by atoms with Crippen molar-refractivity contribution in [1.29, 1.82) is 0 Å². The van der Waals surface area contributed by atoms with Crippen molar-refractivity contribution in [2.45, 2.75) is 82.5 Å². The van der Waals surface area contributed by atoms with E-state index in [1.54, 1.807) is 28.1 Å². The van der Waals surface area contributed by atoms with Crippen molar-refractivity contribution in [3.05, 3.63) is 161 Å². The van der Waals surface area contributed by atoms with Crippen LogP contribution in [0.25, 0.3) is 0 Å². The summed E-state index contributed by atoms with van der Waals surface area (Å²) in [6, 6.07) is 25.1. The predicted molar refractivity (Wildman–Crippen MR) is 254 cm³/mol. The molecule has 0 spiro atoms. The van der Waals surface area contributed by atoms with Gasteiger partial charge in [-0.25, -0.2) is 9.59 Å². The highest BCUT2D eigenvalue weighted by Crippen LogP contribution is 2.56. The molecule has 5 heterocycles. The number of H-pyrrole nitrogens is 2. The second-order valence-electron chi connectivity index (χ2n) is 16.9. The lowest BCUT2D eigenvalue weighted by atomic mass is 9.79. The summed E-state index contributed by atoms with van der Waals surface area (Å²) in [7, 11) is 7.04. The molecule has 2 aromatic heterocycles. The molecule has 356 valence electrons. The molecule has 3 aromatic carbocycles. The first-order chi connectivity index (χ1) is 32.1. The van der Waals surface area contributed by atoms with E-state index in [1.165, 1.54) is 21.5 Å². The summed E-state index contributed by atoms with van der Waals surface area (Å²) < 4.78 is 53.3. The summed E-state index contributed by atoms with van der Waals surface area (Å²) in [4.78, 5) is 60.0. The van der Waals surface area contributed by atoms with Crippen LogP contribution in [0.2, 0.25) is 0 Å². The maximum Gasteiger partial charge on any atom is 0.330 e. The van der Waals surface area contributed by atoms with Gasteiger partial charge in [0.15, 0.2) is 0 Å². The van der Waals surface area contributed by atoms with Gasteiger partial charge in [0.05, 0.1) is 39.1 Å². The Kier molecular flexibility index (Phi) is 14.2. The summed E-state index contributed by atoms with van der Waals surface area (Å²) in [5.41, 5.74) is -0.494. The van der Waals surface area contributed by atoms with Crippen molar-refractivity contribution in [3.8, 4) is 11.5 Å². The van der Waals surface area contributed by atoms with Crippen molar-refractivity contribution in [2.75, 3.05) is 48.0 Å². The lowest BCUT2D eigenvalue weighted by molar-refractivity contribution is -0.0972. The van der Waals surface area contributed by atoms with Crippen LogP contribution in [0.4, 0.5) is 0 Å². The van der Waals surface area contributed by atoms with Gasteiger partial charge in [-0.15, -0.1) is 0 Å². The minimum atomic E-state index is -3.70. The number of likely N-dealkylation sites (N-methyl/N-ethyl adjacent to an activating group) is 2. The molecule has 0 aliphatic carbocycles. The van der Waals surface area contributed by atoms with E-state index < -0.39 is 71.6 Å². The van der Waals surface area contributed by atoms with E-state index in [0.717, 1.165) is 16.7 Å². The molecule has 3 unspecified atom stereocenters. The molecule has 0 radical (unpaired) electrons. The summed E-state index contributed by atoms with van der Waals surface area (Å²) in [6.07, 6.45) is -0.712. The van der Waals surface area contributed by atoms with Gasteiger partial charge < -0.3 is 42.5 Å². The summed E-state index contributed by atoms with van der Waals surface area (Å²) >= 11 is 6.38. The average molecular weight is 958 g/mol. The third-order valence-electron chi connectivity index (χ3n) is 12.5. The molecular weight excluding hydrogens is 902 g/mol. The number of aromatic nitrogens is 4. The number of hydrogen-bond acceptors (Lipinski definition) is 12.